The first-order valence-corrected chi connectivity index (χ1v) is 6.67. The third-order valence-electron chi connectivity index (χ3n) is 3.08. The molecule has 1 heterocycles. The minimum absolute atomic E-state index is 0.152. The van der Waals surface area contributed by atoms with Gasteiger partial charge >= 0.3 is 0 Å². The zero-order valence-electron chi connectivity index (χ0n) is 10.4. The van der Waals surface area contributed by atoms with E-state index in [0.717, 1.165) is 27.8 Å². The van der Waals surface area contributed by atoms with E-state index < -0.39 is 0 Å². The van der Waals surface area contributed by atoms with Gasteiger partial charge in [-0.05, 0) is 30.5 Å². The average molecular weight is 296 g/mol. The van der Waals surface area contributed by atoms with Crippen LogP contribution in [0.5, 0.6) is 0 Å². The van der Waals surface area contributed by atoms with Gasteiger partial charge in [0.05, 0.1) is 11.0 Å². The summed E-state index contributed by atoms with van der Waals surface area (Å²) in [6.07, 6.45) is 0.795. The number of H-pyrrole nitrogens is 1. The summed E-state index contributed by atoms with van der Waals surface area (Å²) >= 11 is 3.49. The molecule has 3 N–H and O–H groups in total. The number of nitrogens with two attached hydrogens (primary N) is 1. The standard InChI is InChI=1S/C13H18BrN3/c1-7(2)10(15)6-12-16-11-5-9(14)4-8(3)13(11)17-12/h4-5,7,10H,6,15H2,1-3H3,(H,16,17). The maximum Gasteiger partial charge on any atom is 0.108 e. The lowest BCUT2D eigenvalue weighted by molar-refractivity contribution is 0.483. The summed E-state index contributed by atoms with van der Waals surface area (Å²) in [4.78, 5) is 7.96. The molecule has 0 radical (unpaired) electrons. The van der Waals surface area contributed by atoms with Crippen LogP contribution in [0.25, 0.3) is 11.0 Å². The molecule has 0 fully saturated rings. The highest BCUT2D eigenvalue weighted by Gasteiger charge is 2.12. The van der Waals surface area contributed by atoms with Crippen LogP contribution in [0.2, 0.25) is 0 Å². The summed E-state index contributed by atoms with van der Waals surface area (Å²) in [5.41, 5.74) is 9.36. The second-order valence-electron chi connectivity index (χ2n) is 4.91. The summed E-state index contributed by atoms with van der Waals surface area (Å²) < 4.78 is 1.07. The Morgan fingerprint density at radius 1 is 1.41 bits per heavy atom. The first-order chi connectivity index (χ1) is 7.97. The van der Waals surface area contributed by atoms with Gasteiger partial charge in [0.15, 0.2) is 0 Å². The Kier molecular flexibility index (Phi) is 3.54. The molecule has 0 amide bonds. The Hall–Kier alpha value is -0.870. The molecular formula is C13H18BrN3. The number of nitrogens with zero attached hydrogens (tertiary/aromatic N) is 1. The van der Waals surface area contributed by atoms with Crippen molar-refractivity contribution in [3.05, 3.63) is 28.0 Å². The SMILES string of the molecule is Cc1cc(Br)cc2[nH]c(CC(N)C(C)C)nc12. The highest BCUT2D eigenvalue weighted by Crippen LogP contribution is 2.22. The van der Waals surface area contributed by atoms with E-state index in [4.69, 9.17) is 5.73 Å². The number of halogens is 1. The lowest BCUT2D eigenvalue weighted by atomic mass is 10.0. The van der Waals surface area contributed by atoms with E-state index in [0.29, 0.717) is 5.92 Å². The number of aromatic nitrogens is 2. The van der Waals surface area contributed by atoms with Gasteiger partial charge in [0.25, 0.3) is 0 Å². The highest BCUT2D eigenvalue weighted by molar-refractivity contribution is 9.10. The quantitative estimate of drug-likeness (QED) is 0.914. The van der Waals surface area contributed by atoms with Gasteiger partial charge in [0.1, 0.15) is 5.82 Å². The van der Waals surface area contributed by atoms with Gasteiger partial charge in [0, 0.05) is 16.9 Å². The third kappa shape index (κ3) is 2.69. The molecule has 3 nitrogen and oxygen atoms in total. The normalized spacial score (nSPS) is 13.5. The van der Waals surface area contributed by atoms with E-state index in [2.05, 4.69) is 58.8 Å². The zero-order chi connectivity index (χ0) is 12.6. The molecular weight excluding hydrogens is 278 g/mol. The molecule has 4 heteroatoms. The van der Waals surface area contributed by atoms with Crippen molar-refractivity contribution in [2.45, 2.75) is 33.2 Å². The van der Waals surface area contributed by atoms with Gasteiger partial charge in [-0.25, -0.2) is 4.98 Å². The van der Waals surface area contributed by atoms with E-state index in [1.807, 2.05) is 0 Å². The highest BCUT2D eigenvalue weighted by atomic mass is 79.9. The second kappa shape index (κ2) is 4.78. The van der Waals surface area contributed by atoms with E-state index >= 15 is 0 Å². The van der Waals surface area contributed by atoms with E-state index in [1.54, 1.807) is 0 Å². The van der Waals surface area contributed by atoms with Gasteiger partial charge < -0.3 is 10.7 Å². The van der Waals surface area contributed by atoms with Gasteiger partial charge in [-0.3, -0.25) is 0 Å². The van der Waals surface area contributed by atoms with Crippen LogP contribution in [0.15, 0.2) is 16.6 Å². The summed E-state index contributed by atoms with van der Waals surface area (Å²) in [6, 6.07) is 4.29. The fourth-order valence-corrected chi connectivity index (χ4v) is 2.43. The number of nitrogens with one attached hydrogen (secondary N) is 1. The zero-order valence-corrected chi connectivity index (χ0v) is 12.0. The Labute approximate surface area is 110 Å². The summed E-state index contributed by atoms with van der Waals surface area (Å²) in [5.74, 6) is 1.44. The first-order valence-electron chi connectivity index (χ1n) is 5.87. The lowest BCUT2D eigenvalue weighted by Gasteiger charge is -2.13. The summed E-state index contributed by atoms with van der Waals surface area (Å²) in [7, 11) is 0. The van der Waals surface area contributed by atoms with Crippen molar-refractivity contribution in [2.75, 3.05) is 0 Å². The molecule has 0 aliphatic carbocycles. The fourth-order valence-electron chi connectivity index (χ4n) is 1.85. The van der Waals surface area contributed by atoms with Crippen molar-refractivity contribution >= 4 is 27.0 Å². The fraction of sp³-hybridized carbons (Fsp3) is 0.462. The molecule has 1 aromatic heterocycles. The number of hydrogen-bond donors (Lipinski definition) is 2. The monoisotopic (exact) mass is 295 g/mol. The first kappa shape index (κ1) is 12.6. The molecule has 92 valence electrons. The number of imidazole rings is 1. The van der Waals surface area contributed by atoms with Crippen molar-refractivity contribution in [3.8, 4) is 0 Å². The summed E-state index contributed by atoms with van der Waals surface area (Å²) in [5, 5.41) is 0. The number of aromatic amines is 1. The maximum absolute atomic E-state index is 6.07. The molecule has 0 aliphatic rings. The smallest absolute Gasteiger partial charge is 0.108 e. The van der Waals surface area contributed by atoms with Crippen molar-refractivity contribution in [2.24, 2.45) is 11.7 Å². The van der Waals surface area contributed by atoms with Crippen molar-refractivity contribution in [3.63, 3.8) is 0 Å². The predicted molar refractivity (Wildman–Crippen MR) is 75.0 cm³/mol. The van der Waals surface area contributed by atoms with E-state index in [9.17, 15) is 0 Å². The molecule has 0 bridgehead atoms. The van der Waals surface area contributed by atoms with Crippen LogP contribution in [-0.2, 0) is 6.42 Å². The van der Waals surface area contributed by atoms with Crippen LogP contribution >= 0.6 is 15.9 Å². The molecule has 0 aliphatic heterocycles. The van der Waals surface area contributed by atoms with Gasteiger partial charge in [-0.1, -0.05) is 29.8 Å². The van der Waals surface area contributed by atoms with Gasteiger partial charge in [-0.15, -0.1) is 0 Å². The van der Waals surface area contributed by atoms with Crippen LogP contribution in [-0.4, -0.2) is 16.0 Å². The average Bonchev–Trinajstić information content (AvgIpc) is 2.60. The molecule has 1 atom stereocenters. The van der Waals surface area contributed by atoms with Gasteiger partial charge in [0.2, 0.25) is 0 Å². The maximum atomic E-state index is 6.07. The van der Waals surface area contributed by atoms with Crippen LogP contribution < -0.4 is 5.73 Å². The topological polar surface area (TPSA) is 54.7 Å². The van der Waals surface area contributed by atoms with E-state index in [1.165, 1.54) is 5.56 Å². The molecule has 2 aromatic rings. The third-order valence-corrected chi connectivity index (χ3v) is 3.53. The van der Waals surface area contributed by atoms with Crippen LogP contribution in [0.3, 0.4) is 0 Å². The van der Waals surface area contributed by atoms with Crippen LogP contribution in [0.1, 0.15) is 25.2 Å². The minimum Gasteiger partial charge on any atom is -0.342 e. The molecule has 1 unspecified atom stereocenters. The van der Waals surface area contributed by atoms with E-state index in [-0.39, 0.29) is 6.04 Å². The predicted octanol–water partition coefficient (Wildman–Crippen LogP) is 3.16. The molecule has 2 rings (SSSR count). The number of rotatable bonds is 3. The van der Waals surface area contributed by atoms with Crippen molar-refractivity contribution in [1.82, 2.24) is 9.97 Å². The molecule has 0 saturated carbocycles. The molecule has 0 saturated heterocycles. The second-order valence-corrected chi connectivity index (χ2v) is 5.83. The van der Waals surface area contributed by atoms with Crippen LogP contribution in [0.4, 0.5) is 0 Å². The van der Waals surface area contributed by atoms with Crippen molar-refractivity contribution < 1.29 is 0 Å². The number of benzene rings is 1. The number of hydrogen-bond acceptors (Lipinski definition) is 2. The molecule has 17 heavy (non-hydrogen) atoms. The summed E-state index contributed by atoms with van der Waals surface area (Å²) in [6.45, 7) is 6.34. The Morgan fingerprint density at radius 2 is 2.12 bits per heavy atom. The number of aryl methyl sites for hydroxylation is 1. The Bertz CT molecular complexity index is 531. The largest absolute Gasteiger partial charge is 0.342 e. The Balaban J connectivity index is 2.35. The van der Waals surface area contributed by atoms with Gasteiger partial charge in [-0.2, -0.15) is 0 Å². The van der Waals surface area contributed by atoms with Crippen LogP contribution in [0, 0.1) is 12.8 Å². The molecule has 0 spiro atoms. The number of fused-ring (bicyclic) bond motifs is 1. The Morgan fingerprint density at radius 3 is 2.76 bits per heavy atom. The minimum atomic E-state index is 0.152. The lowest BCUT2D eigenvalue weighted by Crippen LogP contribution is -2.29. The molecule has 1 aromatic carbocycles. The van der Waals surface area contributed by atoms with Crippen molar-refractivity contribution in [1.29, 1.82) is 0 Å².